The van der Waals surface area contributed by atoms with E-state index in [4.69, 9.17) is 0 Å². The fraction of sp³-hybridized carbons (Fsp3) is 0.786. The molecule has 0 aromatic carbocycles. The van der Waals surface area contributed by atoms with E-state index >= 15 is 0 Å². The van der Waals surface area contributed by atoms with Gasteiger partial charge in [-0.2, -0.15) is 0 Å². The van der Waals surface area contributed by atoms with Crippen LogP contribution in [0.15, 0.2) is 12.2 Å². The number of allylic oxidation sites excluding steroid dienone is 1. The average molecular weight is 224 g/mol. The predicted octanol–water partition coefficient (Wildman–Crippen LogP) is 3.24. The highest BCUT2D eigenvalue weighted by Gasteiger charge is 2.21. The van der Waals surface area contributed by atoms with Crippen LogP contribution in [0.2, 0.25) is 0 Å². The van der Waals surface area contributed by atoms with Gasteiger partial charge in [-0.25, -0.2) is 0 Å². The van der Waals surface area contributed by atoms with Gasteiger partial charge in [-0.1, -0.05) is 31.9 Å². The molecule has 0 spiro atoms. The number of aliphatic hydroxyl groups is 1. The van der Waals surface area contributed by atoms with Gasteiger partial charge < -0.3 is 5.11 Å². The third-order valence-corrected chi connectivity index (χ3v) is 3.32. The molecule has 0 aliphatic heterocycles. The van der Waals surface area contributed by atoms with Crippen molar-refractivity contribution >= 4 is 5.78 Å². The molecule has 92 valence electrons. The lowest BCUT2D eigenvalue weighted by Gasteiger charge is -2.21. The first kappa shape index (κ1) is 13.4. The molecule has 16 heavy (non-hydrogen) atoms. The standard InChI is InChI=1S/C14H24O2/c1-3-4-9-14(2,16)10-5-6-12-7-8-13(15)11-12/h5-6,12,16H,3-4,7-11H2,1-2H3/b6-5+. The summed E-state index contributed by atoms with van der Waals surface area (Å²) in [6.45, 7) is 4.03. The summed E-state index contributed by atoms with van der Waals surface area (Å²) in [5.74, 6) is 0.807. The summed E-state index contributed by atoms with van der Waals surface area (Å²) in [6.07, 6.45) is 10.4. The SMILES string of the molecule is CCCCC(C)(O)C/C=C/C1CCC(=O)C1. The van der Waals surface area contributed by atoms with Crippen LogP contribution in [0, 0.1) is 5.92 Å². The van der Waals surface area contributed by atoms with Crippen LogP contribution < -0.4 is 0 Å². The largest absolute Gasteiger partial charge is 0.390 e. The number of hydrogen-bond acceptors (Lipinski definition) is 2. The van der Waals surface area contributed by atoms with Gasteiger partial charge in [0.1, 0.15) is 5.78 Å². The van der Waals surface area contributed by atoms with Crippen molar-refractivity contribution in [3.8, 4) is 0 Å². The number of ketones is 1. The van der Waals surface area contributed by atoms with Crippen molar-refractivity contribution in [1.82, 2.24) is 0 Å². The number of carbonyl (C=O) groups is 1. The van der Waals surface area contributed by atoms with Crippen LogP contribution in [0.4, 0.5) is 0 Å². The first-order valence-electron chi connectivity index (χ1n) is 6.44. The summed E-state index contributed by atoms with van der Waals surface area (Å²) < 4.78 is 0. The van der Waals surface area contributed by atoms with Gasteiger partial charge in [-0.3, -0.25) is 4.79 Å². The molecule has 0 amide bonds. The van der Waals surface area contributed by atoms with Crippen LogP contribution in [-0.4, -0.2) is 16.5 Å². The Labute approximate surface area is 98.7 Å². The van der Waals surface area contributed by atoms with E-state index in [0.717, 1.165) is 32.1 Å². The molecule has 2 nitrogen and oxygen atoms in total. The molecule has 2 unspecified atom stereocenters. The molecule has 2 atom stereocenters. The zero-order chi connectivity index (χ0) is 12.0. The van der Waals surface area contributed by atoms with E-state index in [9.17, 15) is 9.90 Å². The molecule has 0 heterocycles. The van der Waals surface area contributed by atoms with Crippen LogP contribution in [0.1, 0.15) is 58.8 Å². The summed E-state index contributed by atoms with van der Waals surface area (Å²) in [7, 11) is 0. The monoisotopic (exact) mass is 224 g/mol. The molecule has 0 radical (unpaired) electrons. The number of hydrogen-bond donors (Lipinski definition) is 1. The van der Waals surface area contributed by atoms with Crippen LogP contribution in [0.25, 0.3) is 0 Å². The summed E-state index contributed by atoms with van der Waals surface area (Å²) in [5, 5.41) is 10.1. The Hall–Kier alpha value is -0.630. The Morgan fingerprint density at radius 2 is 2.31 bits per heavy atom. The molecule has 0 saturated heterocycles. The lowest BCUT2D eigenvalue weighted by atomic mass is 9.94. The number of rotatable bonds is 6. The van der Waals surface area contributed by atoms with Gasteiger partial charge in [0.25, 0.3) is 0 Å². The van der Waals surface area contributed by atoms with E-state index in [-0.39, 0.29) is 0 Å². The van der Waals surface area contributed by atoms with Crippen LogP contribution in [0.5, 0.6) is 0 Å². The van der Waals surface area contributed by atoms with E-state index in [1.54, 1.807) is 0 Å². The van der Waals surface area contributed by atoms with Gasteiger partial charge in [0, 0.05) is 12.8 Å². The second kappa shape index (κ2) is 6.19. The van der Waals surface area contributed by atoms with Gasteiger partial charge in [-0.05, 0) is 32.1 Å². The van der Waals surface area contributed by atoms with Crippen molar-refractivity contribution in [3.63, 3.8) is 0 Å². The molecule has 1 rings (SSSR count). The van der Waals surface area contributed by atoms with Gasteiger partial charge in [-0.15, -0.1) is 0 Å². The molecule has 2 heteroatoms. The maximum Gasteiger partial charge on any atom is 0.133 e. The smallest absolute Gasteiger partial charge is 0.133 e. The molecule has 1 fully saturated rings. The van der Waals surface area contributed by atoms with Crippen molar-refractivity contribution < 1.29 is 9.90 Å². The van der Waals surface area contributed by atoms with Crippen molar-refractivity contribution in [2.75, 3.05) is 0 Å². The second-order valence-electron chi connectivity index (χ2n) is 5.27. The van der Waals surface area contributed by atoms with Gasteiger partial charge >= 0.3 is 0 Å². The Morgan fingerprint density at radius 3 is 2.88 bits per heavy atom. The third kappa shape index (κ3) is 4.93. The topological polar surface area (TPSA) is 37.3 Å². The number of Topliss-reactive ketones (excluding diaryl/α,β-unsaturated/α-hetero) is 1. The van der Waals surface area contributed by atoms with Crippen molar-refractivity contribution in [3.05, 3.63) is 12.2 Å². The molecule has 1 saturated carbocycles. The van der Waals surface area contributed by atoms with Gasteiger partial charge in [0.15, 0.2) is 0 Å². The molecule has 0 aromatic heterocycles. The van der Waals surface area contributed by atoms with E-state index < -0.39 is 5.60 Å². The Bertz CT molecular complexity index is 253. The predicted molar refractivity (Wildman–Crippen MR) is 66.3 cm³/mol. The summed E-state index contributed by atoms with van der Waals surface area (Å²) in [5.41, 5.74) is -0.574. The highest BCUT2D eigenvalue weighted by atomic mass is 16.3. The summed E-state index contributed by atoms with van der Waals surface area (Å²) >= 11 is 0. The Morgan fingerprint density at radius 1 is 1.56 bits per heavy atom. The van der Waals surface area contributed by atoms with Crippen LogP contribution in [-0.2, 0) is 4.79 Å². The maximum atomic E-state index is 11.1. The van der Waals surface area contributed by atoms with E-state index in [0.29, 0.717) is 24.5 Å². The molecule has 0 bridgehead atoms. The second-order valence-corrected chi connectivity index (χ2v) is 5.27. The zero-order valence-electron chi connectivity index (χ0n) is 10.5. The molecule has 1 aliphatic rings. The van der Waals surface area contributed by atoms with Crippen molar-refractivity contribution in [2.24, 2.45) is 5.92 Å². The Kier molecular flexibility index (Phi) is 5.20. The fourth-order valence-corrected chi connectivity index (χ4v) is 2.18. The minimum Gasteiger partial charge on any atom is -0.390 e. The molecular formula is C14H24O2. The number of carbonyl (C=O) groups excluding carboxylic acids is 1. The molecule has 0 aromatic rings. The van der Waals surface area contributed by atoms with E-state index in [1.165, 1.54) is 0 Å². The molecular weight excluding hydrogens is 200 g/mol. The van der Waals surface area contributed by atoms with Gasteiger partial charge in [0.2, 0.25) is 0 Å². The fourth-order valence-electron chi connectivity index (χ4n) is 2.18. The minimum atomic E-state index is -0.574. The highest BCUT2D eigenvalue weighted by molar-refractivity contribution is 5.80. The quantitative estimate of drug-likeness (QED) is 0.703. The van der Waals surface area contributed by atoms with Crippen LogP contribution >= 0.6 is 0 Å². The highest BCUT2D eigenvalue weighted by Crippen LogP contribution is 2.24. The maximum absolute atomic E-state index is 11.1. The number of unbranched alkanes of at least 4 members (excludes halogenated alkanes) is 1. The summed E-state index contributed by atoms with van der Waals surface area (Å²) in [6, 6.07) is 0. The lowest BCUT2D eigenvalue weighted by molar-refractivity contribution is -0.117. The molecule has 1 aliphatic carbocycles. The Balaban J connectivity index is 2.27. The van der Waals surface area contributed by atoms with Crippen molar-refractivity contribution in [2.45, 2.75) is 64.4 Å². The lowest BCUT2D eigenvalue weighted by Crippen LogP contribution is -2.22. The van der Waals surface area contributed by atoms with E-state index in [1.807, 2.05) is 6.92 Å². The third-order valence-electron chi connectivity index (χ3n) is 3.32. The minimum absolute atomic E-state index is 0.382. The average Bonchev–Trinajstić information content (AvgIpc) is 2.61. The first-order valence-corrected chi connectivity index (χ1v) is 6.44. The first-order chi connectivity index (χ1) is 7.53. The normalized spacial score (nSPS) is 25.2. The summed E-state index contributed by atoms with van der Waals surface area (Å²) in [4.78, 5) is 11.1. The molecule has 1 N–H and O–H groups in total. The van der Waals surface area contributed by atoms with Crippen LogP contribution in [0.3, 0.4) is 0 Å². The van der Waals surface area contributed by atoms with Gasteiger partial charge in [0.05, 0.1) is 5.60 Å². The van der Waals surface area contributed by atoms with E-state index in [2.05, 4.69) is 19.1 Å². The zero-order valence-corrected chi connectivity index (χ0v) is 10.5. The van der Waals surface area contributed by atoms with Crippen molar-refractivity contribution in [1.29, 1.82) is 0 Å².